The zero-order valence-electron chi connectivity index (χ0n) is 19.4. The summed E-state index contributed by atoms with van der Waals surface area (Å²) in [6.45, 7) is 6.73. The van der Waals surface area contributed by atoms with Crippen molar-refractivity contribution in [2.24, 2.45) is 5.41 Å². The average Bonchev–Trinajstić information content (AvgIpc) is 2.87. The van der Waals surface area contributed by atoms with Gasteiger partial charge in [0.1, 0.15) is 5.75 Å². The minimum absolute atomic E-state index is 0.161. The van der Waals surface area contributed by atoms with Gasteiger partial charge in [-0.25, -0.2) is 0 Å². The summed E-state index contributed by atoms with van der Waals surface area (Å²) in [6, 6.07) is 20.1. The average molecular weight is 464 g/mol. The number of carbonyl (C=O) groups excluding carboxylic acids is 1. The molecule has 0 spiro atoms. The summed E-state index contributed by atoms with van der Waals surface area (Å²) < 4.78 is 5.54. The number of carbonyl (C=O) groups is 2. The minimum atomic E-state index is -0.975. The van der Waals surface area contributed by atoms with Crippen LogP contribution in [0.4, 0.5) is 5.69 Å². The number of nitrogens with zero attached hydrogens (tertiary/aromatic N) is 1. The Morgan fingerprint density at radius 3 is 2.48 bits per heavy atom. The zero-order valence-corrected chi connectivity index (χ0v) is 20.2. The van der Waals surface area contributed by atoms with Crippen molar-refractivity contribution in [3.05, 3.63) is 71.8 Å². The third-order valence-corrected chi connectivity index (χ3v) is 7.22. The highest BCUT2D eigenvalue weighted by molar-refractivity contribution is 8.01. The van der Waals surface area contributed by atoms with Gasteiger partial charge in [-0.3, -0.25) is 9.59 Å². The van der Waals surface area contributed by atoms with E-state index in [1.807, 2.05) is 36.4 Å². The van der Waals surface area contributed by atoms with Gasteiger partial charge in [-0.1, -0.05) is 63.2 Å². The van der Waals surface area contributed by atoms with Gasteiger partial charge in [0, 0.05) is 12.2 Å². The molecule has 2 atom stereocenters. The number of aliphatic carboxylic acids is 1. The molecule has 0 aliphatic carbocycles. The summed E-state index contributed by atoms with van der Waals surface area (Å²) in [4.78, 5) is 27.2. The maximum Gasteiger partial charge on any atom is 0.305 e. The Balaban J connectivity index is 1.97. The van der Waals surface area contributed by atoms with Crippen LogP contribution in [-0.2, 0) is 9.59 Å². The molecule has 0 aromatic heterocycles. The standard InChI is InChI=1S/C27H29NO4S/c1-27(2,3)16-28-22-13-12-18(32-4)14-21(22)25(33-23(26(28)31)15-24(29)30)20-11-7-9-17-8-5-6-10-19(17)20/h5-14,23,25H,15-16H2,1-4H3,(H,29,30). The van der Waals surface area contributed by atoms with E-state index in [-0.39, 0.29) is 23.0 Å². The van der Waals surface area contributed by atoms with Crippen LogP contribution in [0.2, 0.25) is 0 Å². The molecule has 5 nitrogen and oxygen atoms in total. The number of rotatable bonds is 5. The Kier molecular flexibility index (Phi) is 6.39. The molecule has 4 rings (SSSR count). The van der Waals surface area contributed by atoms with Crippen LogP contribution < -0.4 is 9.64 Å². The van der Waals surface area contributed by atoms with Gasteiger partial charge in [0.2, 0.25) is 5.91 Å². The molecule has 172 valence electrons. The molecule has 0 saturated heterocycles. The highest BCUT2D eigenvalue weighted by atomic mass is 32.2. The van der Waals surface area contributed by atoms with Crippen LogP contribution in [-0.4, -0.2) is 35.9 Å². The summed E-state index contributed by atoms with van der Waals surface area (Å²) >= 11 is 1.42. The first-order valence-corrected chi connectivity index (χ1v) is 12.0. The van der Waals surface area contributed by atoms with Crippen molar-refractivity contribution in [2.45, 2.75) is 37.7 Å². The molecule has 0 radical (unpaired) electrons. The fraction of sp³-hybridized carbons (Fsp3) is 0.333. The number of thioether (sulfide) groups is 1. The zero-order chi connectivity index (χ0) is 23.8. The largest absolute Gasteiger partial charge is 0.497 e. The number of methoxy groups -OCH3 is 1. The fourth-order valence-electron chi connectivity index (χ4n) is 4.36. The smallest absolute Gasteiger partial charge is 0.305 e. The Morgan fingerprint density at radius 2 is 1.79 bits per heavy atom. The predicted molar refractivity (Wildman–Crippen MR) is 134 cm³/mol. The highest BCUT2D eigenvalue weighted by Gasteiger charge is 2.39. The second kappa shape index (κ2) is 9.10. The number of ether oxygens (including phenoxy) is 1. The molecule has 33 heavy (non-hydrogen) atoms. The fourth-order valence-corrected chi connectivity index (χ4v) is 5.85. The monoisotopic (exact) mass is 463 g/mol. The lowest BCUT2D eigenvalue weighted by atomic mass is 9.93. The van der Waals surface area contributed by atoms with Gasteiger partial charge in [0.25, 0.3) is 0 Å². The molecule has 1 heterocycles. The van der Waals surface area contributed by atoms with E-state index in [2.05, 4.69) is 45.0 Å². The SMILES string of the molecule is COc1ccc2c(c1)C(c1cccc3ccccc13)SC(CC(=O)O)C(=O)N2CC(C)(C)C. The van der Waals surface area contributed by atoms with Crippen molar-refractivity contribution < 1.29 is 19.4 Å². The molecule has 1 amide bonds. The number of hydrogen-bond acceptors (Lipinski definition) is 4. The molecule has 0 saturated carbocycles. The number of carboxylic acid groups (broad SMARTS) is 1. The molecule has 2 unspecified atom stereocenters. The lowest BCUT2D eigenvalue weighted by Gasteiger charge is -2.31. The molecule has 6 heteroatoms. The maximum absolute atomic E-state index is 13.7. The van der Waals surface area contributed by atoms with Crippen molar-refractivity contribution in [3.8, 4) is 5.75 Å². The lowest BCUT2D eigenvalue weighted by Crippen LogP contribution is -2.42. The molecule has 0 bridgehead atoms. The highest BCUT2D eigenvalue weighted by Crippen LogP contribution is 2.49. The quantitative estimate of drug-likeness (QED) is 0.510. The van der Waals surface area contributed by atoms with Crippen LogP contribution in [0.15, 0.2) is 60.7 Å². The molecule has 1 aliphatic heterocycles. The van der Waals surface area contributed by atoms with E-state index in [1.54, 1.807) is 12.0 Å². The summed E-state index contributed by atoms with van der Waals surface area (Å²) in [6.07, 6.45) is -0.226. The van der Waals surface area contributed by atoms with E-state index in [0.29, 0.717) is 12.3 Å². The third kappa shape index (κ3) is 4.86. The van der Waals surface area contributed by atoms with Crippen molar-refractivity contribution in [1.29, 1.82) is 0 Å². The van der Waals surface area contributed by atoms with Crippen LogP contribution in [0, 0.1) is 5.41 Å². The van der Waals surface area contributed by atoms with E-state index >= 15 is 0 Å². The Hall–Kier alpha value is -2.99. The minimum Gasteiger partial charge on any atom is -0.497 e. The van der Waals surface area contributed by atoms with E-state index < -0.39 is 11.2 Å². The van der Waals surface area contributed by atoms with Crippen molar-refractivity contribution in [2.75, 3.05) is 18.6 Å². The van der Waals surface area contributed by atoms with Crippen molar-refractivity contribution >= 4 is 40.1 Å². The summed E-state index contributed by atoms with van der Waals surface area (Å²) in [5.74, 6) is -0.428. The molecular weight excluding hydrogens is 434 g/mol. The van der Waals surface area contributed by atoms with Crippen LogP contribution in [0.25, 0.3) is 10.8 Å². The van der Waals surface area contributed by atoms with Crippen LogP contribution in [0.3, 0.4) is 0 Å². The van der Waals surface area contributed by atoms with Crippen LogP contribution >= 0.6 is 11.8 Å². The van der Waals surface area contributed by atoms with Gasteiger partial charge < -0.3 is 14.7 Å². The molecule has 1 N–H and O–H groups in total. The van der Waals surface area contributed by atoms with Gasteiger partial charge in [-0.05, 0) is 45.5 Å². The molecular formula is C27H29NO4S. The number of benzene rings is 3. The number of anilines is 1. The van der Waals surface area contributed by atoms with Crippen LogP contribution in [0.5, 0.6) is 5.75 Å². The van der Waals surface area contributed by atoms with Crippen molar-refractivity contribution in [3.63, 3.8) is 0 Å². The lowest BCUT2D eigenvalue weighted by molar-refractivity contribution is -0.138. The van der Waals surface area contributed by atoms with E-state index in [1.165, 1.54) is 11.8 Å². The van der Waals surface area contributed by atoms with Crippen LogP contribution in [0.1, 0.15) is 43.6 Å². The summed E-state index contributed by atoms with van der Waals surface area (Å²) in [5, 5.41) is 10.9. The molecule has 0 fully saturated rings. The first kappa shape index (κ1) is 23.2. The van der Waals surface area contributed by atoms with E-state index in [4.69, 9.17) is 4.74 Å². The van der Waals surface area contributed by atoms with Gasteiger partial charge in [-0.2, -0.15) is 0 Å². The van der Waals surface area contributed by atoms with E-state index in [0.717, 1.165) is 27.6 Å². The normalized spacial score (nSPS) is 18.7. The van der Waals surface area contributed by atoms with Crippen molar-refractivity contribution in [1.82, 2.24) is 0 Å². The first-order chi connectivity index (χ1) is 15.7. The number of amides is 1. The number of fused-ring (bicyclic) bond motifs is 2. The first-order valence-electron chi connectivity index (χ1n) is 11.0. The second-order valence-electron chi connectivity index (χ2n) is 9.58. The van der Waals surface area contributed by atoms with Gasteiger partial charge in [0.15, 0.2) is 0 Å². The van der Waals surface area contributed by atoms with Gasteiger partial charge in [-0.15, -0.1) is 11.8 Å². The molecule has 3 aromatic rings. The second-order valence-corrected chi connectivity index (χ2v) is 10.9. The molecule has 1 aliphatic rings. The van der Waals surface area contributed by atoms with Gasteiger partial charge >= 0.3 is 5.97 Å². The topological polar surface area (TPSA) is 66.8 Å². The Morgan fingerprint density at radius 1 is 1.06 bits per heavy atom. The Labute approximate surface area is 198 Å². The molecule has 3 aromatic carbocycles. The summed E-state index contributed by atoms with van der Waals surface area (Å²) in [5.41, 5.74) is 2.67. The van der Waals surface area contributed by atoms with E-state index in [9.17, 15) is 14.7 Å². The predicted octanol–water partition coefficient (Wildman–Crippen LogP) is 5.91. The number of carboxylic acids is 1. The third-order valence-electron chi connectivity index (χ3n) is 5.75. The number of hydrogen-bond donors (Lipinski definition) is 1. The summed E-state index contributed by atoms with van der Waals surface area (Å²) in [7, 11) is 1.63. The maximum atomic E-state index is 13.7. The van der Waals surface area contributed by atoms with Gasteiger partial charge in [0.05, 0.1) is 24.0 Å². The Bertz CT molecular complexity index is 1190.